The van der Waals surface area contributed by atoms with Gasteiger partial charge in [-0.25, -0.2) is 9.37 Å². The zero-order valence-electron chi connectivity index (χ0n) is 10.5. The Hall–Kier alpha value is -1.46. The molecule has 20 heavy (non-hydrogen) atoms. The highest BCUT2D eigenvalue weighted by Crippen LogP contribution is 2.30. The van der Waals surface area contributed by atoms with Gasteiger partial charge >= 0.3 is 0 Å². The van der Waals surface area contributed by atoms with Crippen molar-refractivity contribution >= 4 is 38.6 Å². The van der Waals surface area contributed by atoms with E-state index in [1.54, 1.807) is 35.2 Å². The second-order valence-electron chi connectivity index (χ2n) is 4.38. The van der Waals surface area contributed by atoms with E-state index in [-0.39, 0.29) is 11.2 Å². The molecule has 3 rings (SSSR count). The SMILES string of the molecule is CC(Cl)c1nc2cnccc2n1-c1cc(Br)ccc1F. The van der Waals surface area contributed by atoms with E-state index in [9.17, 15) is 4.39 Å². The van der Waals surface area contributed by atoms with Crippen LogP contribution in [-0.2, 0) is 0 Å². The Kier molecular flexibility index (Phi) is 3.48. The molecule has 0 fully saturated rings. The average molecular weight is 355 g/mol. The van der Waals surface area contributed by atoms with E-state index in [4.69, 9.17) is 11.6 Å². The van der Waals surface area contributed by atoms with Crippen molar-refractivity contribution < 1.29 is 4.39 Å². The van der Waals surface area contributed by atoms with Crippen LogP contribution < -0.4 is 0 Å². The van der Waals surface area contributed by atoms with Crippen LogP contribution in [0, 0.1) is 5.82 Å². The molecule has 0 saturated heterocycles. The molecular formula is C14H10BrClFN3. The van der Waals surface area contributed by atoms with Crippen LogP contribution in [0.15, 0.2) is 41.1 Å². The number of pyridine rings is 1. The summed E-state index contributed by atoms with van der Waals surface area (Å²) in [4.78, 5) is 8.48. The van der Waals surface area contributed by atoms with Crippen molar-refractivity contribution in [2.75, 3.05) is 0 Å². The number of aromatic nitrogens is 3. The Bertz CT molecular complexity index is 785. The maximum Gasteiger partial charge on any atom is 0.147 e. The van der Waals surface area contributed by atoms with Crippen LogP contribution in [0.3, 0.4) is 0 Å². The second-order valence-corrected chi connectivity index (χ2v) is 5.95. The molecule has 2 heterocycles. The van der Waals surface area contributed by atoms with Crippen LogP contribution in [0.2, 0.25) is 0 Å². The summed E-state index contributed by atoms with van der Waals surface area (Å²) in [5, 5.41) is -0.346. The monoisotopic (exact) mass is 353 g/mol. The van der Waals surface area contributed by atoms with E-state index in [0.717, 1.165) is 9.99 Å². The Labute approximate surface area is 128 Å². The minimum absolute atomic E-state index is 0.331. The third-order valence-corrected chi connectivity index (χ3v) is 3.68. The highest BCUT2D eigenvalue weighted by atomic mass is 79.9. The maximum absolute atomic E-state index is 14.2. The number of alkyl halides is 1. The smallest absolute Gasteiger partial charge is 0.147 e. The third kappa shape index (κ3) is 2.21. The van der Waals surface area contributed by atoms with Crippen molar-refractivity contribution in [3.63, 3.8) is 0 Å². The van der Waals surface area contributed by atoms with Gasteiger partial charge in [-0.3, -0.25) is 9.55 Å². The van der Waals surface area contributed by atoms with E-state index in [1.165, 1.54) is 6.07 Å². The van der Waals surface area contributed by atoms with Gasteiger partial charge in [-0.15, -0.1) is 11.6 Å². The van der Waals surface area contributed by atoms with E-state index < -0.39 is 0 Å². The lowest BCUT2D eigenvalue weighted by Gasteiger charge is -2.12. The summed E-state index contributed by atoms with van der Waals surface area (Å²) in [5.41, 5.74) is 1.88. The van der Waals surface area contributed by atoms with Gasteiger partial charge in [-0.05, 0) is 31.2 Å². The lowest BCUT2D eigenvalue weighted by molar-refractivity contribution is 0.616. The molecule has 0 amide bonds. The van der Waals surface area contributed by atoms with Crippen molar-refractivity contribution in [1.82, 2.24) is 14.5 Å². The molecule has 0 bridgehead atoms. The molecule has 0 saturated carbocycles. The van der Waals surface area contributed by atoms with Crippen LogP contribution in [0.25, 0.3) is 16.7 Å². The summed E-state index contributed by atoms with van der Waals surface area (Å²) in [6.07, 6.45) is 3.30. The molecule has 1 aromatic carbocycles. The van der Waals surface area contributed by atoms with Crippen LogP contribution in [0.4, 0.5) is 4.39 Å². The summed E-state index contributed by atoms with van der Waals surface area (Å²) < 4.78 is 16.7. The molecule has 1 unspecified atom stereocenters. The second kappa shape index (κ2) is 5.14. The summed E-state index contributed by atoms with van der Waals surface area (Å²) in [6, 6.07) is 6.57. The van der Waals surface area contributed by atoms with Crippen LogP contribution in [0.5, 0.6) is 0 Å². The number of fused-ring (bicyclic) bond motifs is 1. The fourth-order valence-corrected chi connectivity index (χ4v) is 2.62. The Morgan fingerprint density at radius 3 is 2.90 bits per heavy atom. The number of rotatable bonds is 2. The third-order valence-electron chi connectivity index (χ3n) is 2.99. The minimum Gasteiger partial charge on any atom is -0.292 e. The Morgan fingerprint density at radius 1 is 1.35 bits per heavy atom. The first-order valence-corrected chi connectivity index (χ1v) is 7.22. The molecule has 102 valence electrons. The molecule has 0 aliphatic rings. The van der Waals surface area contributed by atoms with Gasteiger partial charge in [-0.2, -0.15) is 0 Å². The molecule has 3 nitrogen and oxygen atoms in total. The fourth-order valence-electron chi connectivity index (χ4n) is 2.13. The van der Waals surface area contributed by atoms with Gasteiger partial charge in [0, 0.05) is 10.7 Å². The van der Waals surface area contributed by atoms with Crippen LogP contribution in [-0.4, -0.2) is 14.5 Å². The molecule has 2 aromatic heterocycles. The van der Waals surface area contributed by atoms with Crippen molar-refractivity contribution in [3.8, 4) is 5.69 Å². The Balaban J connectivity index is 2.39. The van der Waals surface area contributed by atoms with E-state index in [0.29, 0.717) is 17.0 Å². The first-order chi connectivity index (χ1) is 9.58. The standard InChI is InChI=1S/C14H10BrClFN3/c1-8(16)14-19-11-7-18-5-4-12(11)20(14)13-6-9(15)2-3-10(13)17/h2-8H,1H3. The summed E-state index contributed by atoms with van der Waals surface area (Å²) >= 11 is 9.55. The zero-order valence-corrected chi connectivity index (χ0v) is 12.9. The quantitative estimate of drug-likeness (QED) is 0.629. The highest BCUT2D eigenvalue weighted by molar-refractivity contribution is 9.10. The number of benzene rings is 1. The molecular weight excluding hydrogens is 345 g/mol. The van der Waals surface area contributed by atoms with Crippen molar-refractivity contribution in [3.05, 3.63) is 52.8 Å². The molecule has 1 atom stereocenters. The van der Waals surface area contributed by atoms with Gasteiger partial charge in [0.15, 0.2) is 0 Å². The largest absolute Gasteiger partial charge is 0.292 e. The first kappa shape index (κ1) is 13.5. The summed E-state index contributed by atoms with van der Waals surface area (Å²) in [5.74, 6) is 0.259. The van der Waals surface area contributed by atoms with Gasteiger partial charge in [0.25, 0.3) is 0 Å². The molecule has 0 spiro atoms. The topological polar surface area (TPSA) is 30.7 Å². The van der Waals surface area contributed by atoms with Crippen molar-refractivity contribution in [1.29, 1.82) is 0 Å². The Morgan fingerprint density at radius 2 is 2.15 bits per heavy atom. The van der Waals surface area contributed by atoms with Crippen molar-refractivity contribution in [2.24, 2.45) is 0 Å². The molecule has 0 N–H and O–H groups in total. The molecule has 0 aliphatic heterocycles. The van der Waals surface area contributed by atoms with Gasteiger partial charge in [0.2, 0.25) is 0 Å². The number of nitrogens with zero attached hydrogens (tertiary/aromatic N) is 3. The fraction of sp³-hybridized carbons (Fsp3) is 0.143. The van der Waals surface area contributed by atoms with E-state index in [1.807, 2.05) is 6.92 Å². The predicted octanol–water partition coefficient (Wildman–Crippen LogP) is 4.62. The van der Waals surface area contributed by atoms with E-state index >= 15 is 0 Å². The molecule has 0 aliphatic carbocycles. The van der Waals surface area contributed by atoms with Crippen LogP contribution >= 0.6 is 27.5 Å². The van der Waals surface area contributed by atoms with E-state index in [2.05, 4.69) is 25.9 Å². The lowest BCUT2D eigenvalue weighted by Crippen LogP contribution is -2.04. The van der Waals surface area contributed by atoms with Crippen LogP contribution in [0.1, 0.15) is 18.1 Å². The molecule has 3 aromatic rings. The first-order valence-electron chi connectivity index (χ1n) is 6.00. The van der Waals surface area contributed by atoms with Gasteiger partial charge in [0.05, 0.1) is 22.8 Å². The lowest BCUT2D eigenvalue weighted by atomic mass is 10.2. The predicted molar refractivity (Wildman–Crippen MR) is 80.8 cm³/mol. The number of hydrogen-bond donors (Lipinski definition) is 0. The normalized spacial score (nSPS) is 12.8. The summed E-state index contributed by atoms with van der Waals surface area (Å²) in [7, 11) is 0. The number of halogens is 3. The number of hydrogen-bond acceptors (Lipinski definition) is 2. The van der Waals surface area contributed by atoms with Crippen molar-refractivity contribution in [2.45, 2.75) is 12.3 Å². The zero-order chi connectivity index (χ0) is 14.3. The number of imidazole rings is 1. The average Bonchev–Trinajstić information content (AvgIpc) is 2.81. The molecule has 6 heteroatoms. The maximum atomic E-state index is 14.2. The summed E-state index contributed by atoms with van der Waals surface area (Å²) in [6.45, 7) is 1.81. The van der Waals surface area contributed by atoms with Gasteiger partial charge in [-0.1, -0.05) is 15.9 Å². The minimum atomic E-state index is -0.346. The molecule has 0 radical (unpaired) electrons. The van der Waals surface area contributed by atoms with Gasteiger partial charge in [0.1, 0.15) is 17.2 Å². The highest BCUT2D eigenvalue weighted by Gasteiger charge is 2.18. The van der Waals surface area contributed by atoms with Gasteiger partial charge < -0.3 is 0 Å².